The van der Waals surface area contributed by atoms with E-state index in [4.69, 9.17) is 4.74 Å². The van der Waals surface area contributed by atoms with E-state index in [9.17, 15) is 4.79 Å². The zero-order valence-corrected chi connectivity index (χ0v) is 14.8. The highest BCUT2D eigenvalue weighted by Gasteiger charge is 2.17. The van der Waals surface area contributed by atoms with Crippen molar-refractivity contribution in [3.05, 3.63) is 59.7 Å². The SMILES string of the molecule is CCC(C)C(=O)OC(C)c1ccc2c(ccc3ccc(C)cc32)c1. The molecule has 0 fully saturated rings. The highest BCUT2D eigenvalue weighted by Crippen LogP contribution is 2.29. The monoisotopic (exact) mass is 320 g/mol. The van der Waals surface area contributed by atoms with Crippen molar-refractivity contribution in [1.82, 2.24) is 0 Å². The number of rotatable bonds is 4. The van der Waals surface area contributed by atoms with Gasteiger partial charge in [0.1, 0.15) is 6.10 Å². The molecule has 0 saturated carbocycles. The van der Waals surface area contributed by atoms with Gasteiger partial charge in [-0.1, -0.05) is 61.9 Å². The maximum atomic E-state index is 12.0. The molecule has 0 N–H and O–H groups in total. The lowest BCUT2D eigenvalue weighted by Gasteiger charge is -2.17. The van der Waals surface area contributed by atoms with Crippen molar-refractivity contribution in [3.8, 4) is 0 Å². The number of benzene rings is 3. The number of carbonyl (C=O) groups excluding carboxylic acids is 1. The first-order valence-corrected chi connectivity index (χ1v) is 8.63. The maximum absolute atomic E-state index is 12.0. The quantitative estimate of drug-likeness (QED) is 0.438. The standard InChI is InChI=1S/C22H24O2/c1-5-15(3)22(23)24-16(4)18-10-11-20-19(13-18)9-8-17-7-6-14(2)12-21(17)20/h6-13,15-16H,5H2,1-4H3. The number of hydrogen-bond acceptors (Lipinski definition) is 2. The summed E-state index contributed by atoms with van der Waals surface area (Å²) in [5, 5.41) is 4.93. The Labute approximate surface area is 143 Å². The lowest BCUT2D eigenvalue weighted by Crippen LogP contribution is -2.16. The van der Waals surface area contributed by atoms with Crippen LogP contribution in [-0.2, 0) is 9.53 Å². The van der Waals surface area contributed by atoms with Crippen LogP contribution >= 0.6 is 0 Å². The van der Waals surface area contributed by atoms with Crippen molar-refractivity contribution >= 4 is 27.5 Å². The Morgan fingerprint density at radius 3 is 2.42 bits per heavy atom. The lowest BCUT2D eigenvalue weighted by molar-refractivity contribution is -0.153. The van der Waals surface area contributed by atoms with E-state index in [0.717, 1.165) is 12.0 Å². The molecular formula is C22H24O2. The molecule has 0 heterocycles. The molecule has 3 aromatic rings. The highest BCUT2D eigenvalue weighted by molar-refractivity contribution is 6.07. The van der Waals surface area contributed by atoms with Crippen molar-refractivity contribution in [3.63, 3.8) is 0 Å². The average molecular weight is 320 g/mol. The third-order valence-electron chi connectivity index (χ3n) is 4.79. The van der Waals surface area contributed by atoms with Crippen LogP contribution in [0, 0.1) is 12.8 Å². The molecule has 0 aliphatic carbocycles. The van der Waals surface area contributed by atoms with E-state index in [0.29, 0.717) is 0 Å². The molecule has 0 aromatic heterocycles. The van der Waals surface area contributed by atoms with Crippen LogP contribution in [0.4, 0.5) is 0 Å². The number of ether oxygens (including phenoxy) is 1. The summed E-state index contributed by atoms with van der Waals surface area (Å²) in [5.74, 6) is -0.181. The number of carbonyl (C=O) groups is 1. The first-order chi connectivity index (χ1) is 11.5. The number of esters is 1. The fourth-order valence-corrected chi connectivity index (χ4v) is 2.97. The minimum atomic E-state index is -0.232. The van der Waals surface area contributed by atoms with E-state index >= 15 is 0 Å². The van der Waals surface area contributed by atoms with Gasteiger partial charge in [-0.2, -0.15) is 0 Å². The van der Waals surface area contributed by atoms with Gasteiger partial charge in [0.2, 0.25) is 0 Å². The van der Waals surface area contributed by atoms with E-state index in [2.05, 4.69) is 55.5 Å². The zero-order valence-electron chi connectivity index (χ0n) is 14.8. The second-order valence-corrected chi connectivity index (χ2v) is 6.66. The van der Waals surface area contributed by atoms with E-state index in [1.54, 1.807) is 0 Å². The first-order valence-electron chi connectivity index (χ1n) is 8.63. The Bertz CT molecular complexity index is 895. The molecule has 0 aliphatic rings. The fourth-order valence-electron chi connectivity index (χ4n) is 2.97. The molecule has 0 bridgehead atoms. The highest BCUT2D eigenvalue weighted by atomic mass is 16.5. The topological polar surface area (TPSA) is 26.3 Å². The number of aryl methyl sites for hydroxylation is 1. The molecule has 2 unspecified atom stereocenters. The van der Waals surface area contributed by atoms with E-state index in [1.165, 1.54) is 27.1 Å². The maximum Gasteiger partial charge on any atom is 0.309 e. The largest absolute Gasteiger partial charge is 0.458 e. The molecule has 3 rings (SSSR count). The zero-order chi connectivity index (χ0) is 17.3. The summed E-state index contributed by atoms with van der Waals surface area (Å²) < 4.78 is 5.61. The average Bonchev–Trinajstić information content (AvgIpc) is 2.60. The third-order valence-corrected chi connectivity index (χ3v) is 4.79. The van der Waals surface area contributed by atoms with Crippen molar-refractivity contribution in [2.75, 3.05) is 0 Å². The number of hydrogen-bond donors (Lipinski definition) is 0. The van der Waals surface area contributed by atoms with Crippen LogP contribution in [-0.4, -0.2) is 5.97 Å². The smallest absolute Gasteiger partial charge is 0.309 e. The van der Waals surface area contributed by atoms with Crippen molar-refractivity contribution in [1.29, 1.82) is 0 Å². The molecule has 24 heavy (non-hydrogen) atoms. The predicted molar refractivity (Wildman–Crippen MR) is 100 cm³/mol. The Kier molecular flexibility index (Phi) is 4.57. The van der Waals surface area contributed by atoms with Gasteiger partial charge in [0.25, 0.3) is 0 Å². The summed E-state index contributed by atoms with van der Waals surface area (Å²) in [7, 11) is 0. The Morgan fingerprint density at radius 2 is 1.67 bits per heavy atom. The third kappa shape index (κ3) is 3.14. The molecule has 0 spiro atoms. The van der Waals surface area contributed by atoms with Crippen LogP contribution < -0.4 is 0 Å². The molecule has 0 aliphatic heterocycles. The van der Waals surface area contributed by atoms with Crippen LogP contribution in [0.5, 0.6) is 0 Å². The first kappa shape index (κ1) is 16.5. The van der Waals surface area contributed by atoms with Crippen LogP contribution in [0.15, 0.2) is 48.5 Å². The van der Waals surface area contributed by atoms with Crippen LogP contribution in [0.25, 0.3) is 21.5 Å². The normalized spacial score (nSPS) is 13.8. The van der Waals surface area contributed by atoms with Crippen LogP contribution in [0.1, 0.15) is 44.4 Å². The van der Waals surface area contributed by atoms with Crippen molar-refractivity contribution in [2.45, 2.75) is 40.2 Å². The molecule has 0 amide bonds. The predicted octanol–water partition coefficient (Wildman–Crippen LogP) is 5.95. The van der Waals surface area contributed by atoms with Gasteiger partial charge in [0.05, 0.1) is 5.92 Å². The summed E-state index contributed by atoms with van der Waals surface area (Å²) in [6.07, 6.45) is 0.568. The minimum Gasteiger partial charge on any atom is -0.458 e. The summed E-state index contributed by atoms with van der Waals surface area (Å²) in [5.41, 5.74) is 2.29. The Balaban J connectivity index is 1.97. The van der Waals surface area contributed by atoms with Crippen LogP contribution in [0.2, 0.25) is 0 Å². The number of fused-ring (bicyclic) bond motifs is 3. The molecule has 2 atom stereocenters. The van der Waals surface area contributed by atoms with Gasteiger partial charge in [0.15, 0.2) is 0 Å². The van der Waals surface area contributed by atoms with Gasteiger partial charge in [-0.25, -0.2) is 0 Å². The van der Waals surface area contributed by atoms with Crippen LogP contribution in [0.3, 0.4) is 0 Å². The second kappa shape index (κ2) is 6.64. The van der Waals surface area contributed by atoms with Gasteiger partial charge in [-0.3, -0.25) is 4.79 Å². The van der Waals surface area contributed by atoms with Gasteiger partial charge in [-0.15, -0.1) is 0 Å². The molecule has 0 radical (unpaired) electrons. The van der Waals surface area contributed by atoms with Gasteiger partial charge >= 0.3 is 5.97 Å². The van der Waals surface area contributed by atoms with Gasteiger partial charge in [0, 0.05) is 0 Å². The molecular weight excluding hydrogens is 296 g/mol. The van der Waals surface area contributed by atoms with Gasteiger partial charge in [-0.05, 0) is 53.4 Å². The summed E-state index contributed by atoms with van der Waals surface area (Å²) in [6.45, 7) is 7.96. The minimum absolute atomic E-state index is 0.0557. The second-order valence-electron chi connectivity index (χ2n) is 6.66. The van der Waals surface area contributed by atoms with Crippen molar-refractivity contribution < 1.29 is 9.53 Å². The Morgan fingerprint density at radius 1 is 0.958 bits per heavy atom. The van der Waals surface area contributed by atoms with Gasteiger partial charge < -0.3 is 4.74 Å². The van der Waals surface area contributed by atoms with E-state index in [-0.39, 0.29) is 18.0 Å². The lowest BCUT2D eigenvalue weighted by atomic mass is 9.97. The molecule has 0 saturated heterocycles. The molecule has 2 heteroatoms. The molecule has 124 valence electrons. The summed E-state index contributed by atoms with van der Waals surface area (Å²) >= 11 is 0. The summed E-state index contributed by atoms with van der Waals surface area (Å²) in [6, 6.07) is 17.2. The fraction of sp³-hybridized carbons (Fsp3) is 0.318. The molecule has 3 aromatic carbocycles. The summed E-state index contributed by atoms with van der Waals surface area (Å²) in [4.78, 5) is 12.0. The van der Waals surface area contributed by atoms with Crippen molar-refractivity contribution in [2.24, 2.45) is 5.92 Å². The van der Waals surface area contributed by atoms with E-state index in [1.807, 2.05) is 20.8 Å². The Hall–Kier alpha value is -2.35. The van der Waals surface area contributed by atoms with E-state index < -0.39 is 0 Å². The molecule has 2 nitrogen and oxygen atoms in total.